The molecule has 1 aromatic heterocycles. The molecule has 1 aliphatic rings. The van der Waals surface area contributed by atoms with Crippen molar-refractivity contribution in [2.75, 3.05) is 7.05 Å². The van der Waals surface area contributed by atoms with Crippen molar-refractivity contribution < 1.29 is 18.3 Å². The van der Waals surface area contributed by atoms with Gasteiger partial charge in [0.2, 0.25) is 5.90 Å². The molecule has 4 rings (SSSR count). The fourth-order valence-corrected chi connectivity index (χ4v) is 3.93. The van der Waals surface area contributed by atoms with Crippen molar-refractivity contribution in [1.29, 1.82) is 0 Å². The van der Waals surface area contributed by atoms with Gasteiger partial charge >= 0.3 is 5.63 Å². The Bertz CT molecular complexity index is 1340. The minimum atomic E-state index is -0.688. The maximum atomic E-state index is 13.5. The molecule has 2 heterocycles. The first-order chi connectivity index (χ1) is 15.7. The van der Waals surface area contributed by atoms with E-state index in [1.807, 2.05) is 19.9 Å². The van der Waals surface area contributed by atoms with Crippen molar-refractivity contribution >= 4 is 45.2 Å². The average molecular weight is 513 g/mol. The summed E-state index contributed by atoms with van der Waals surface area (Å²) in [7, 11) is 1.62. The van der Waals surface area contributed by atoms with Crippen LogP contribution < -0.4 is 10.4 Å². The number of benzene rings is 2. The summed E-state index contributed by atoms with van der Waals surface area (Å²) in [6.45, 7) is 3.86. The second-order valence-corrected chi connectivity index (χ2v) is 8.97. The maximum absolute atomic E-state index is 13.5. The van der Waals surface area contributed by atoms with E-state index in [2.05, 4.69) is 25.9 Å². The van der Waals surface area contributed by atoms with Crippen LogP contribution in [0.4, 0.5) is 4.39 Å². The van der Waals surface area contributed by atoms with Gasteiger partial charge in [0.15, 0.2) is 0 Å². The topological polar surface area (TPSA) is 73.4 Å². The van der Waals surface area contributed by atoms with Crippen molar-refractivity contribution in [1.82, 2.24) is 0 Å². The third-order valence-electron chi connectivity index (χ3n) is 5.28. The Morgan fingerprint density at radius 1 is 1.24 bits per heavy atom. The molecular weight excluding hydrogens is 491 g/mol. The minimum Gasteiger partial charge on any atom is -0.484 e. The Balaban J connectivity index is 1.62. The Hall–Kier alpha value is -3.26. The summed E-state index contributed by atoms with van der Waals surface area (Å²) in [4.78, 5) is 19.8. The summed E-state index contributed by atoms with van der Waals surface area (Å²) in [5.41, 5.74) is 1.11. The minimum absolute atomic E-state index is 0.332. The molecule has 1 atom stereocenters. The molecule has 170 valence electrons. The van der Waals surface area contributed by atoms with E-state index in [0.717, 1.165) is 16.5 Å². The summed E-state index contributed by atoms with van der Waals surface area (Å²) < 4.78 is 31.7. The number of hydrogen-bond acceptors (Lipinski definition) is 5. The molecule has 2 aromatic carbocycles. The Morgan fingerprint density at radius 2 is 2.06 bits per heavy atom. The zero-order chi connectivity index (χ0) is 23.6. The van der Waals surface area contributed by atoms with Crippen LogP contribution in [-0.2, 0) is 11.2 Å². The molecule has 8 heteroatoms. The van der Waals surface area contributed by atoms with Gasteiger partial charge in [0.1, 0.15) is 35.2 Å². The van der Waals surface area contributed by atoms with Gasteiger partial charge in [-0.25, -0.2) is 14.2 Å². The van der Waals surface area contributed by atoms with Crippen molar-refractivity contribution in [3.63, 3.8) is 0 Å². The number of nitrogens with zero attached hydrogens (tertiary/aromatic N) is 2. The third-order valence-corrected chi connectivity index (χ3v) is 5.89. The van der Waals surface area contributed by atoms with E-state index in [1.165, 1.54) is 18.5 Å². The number of halogens is 2. The molecule has 0 amide bonds. The lowest BCUT2D eigenvalue weighted by atomic mass is 9.90. The Morgan fingerprint density at radius 3 is 2.82 bits per heavy atom. The van der Waals surface area contributed by atoms with E-state index < -0.39 is 11.2 Å². The van der Waals surface area contributed by atoms with Crippen LogP contribution in [0.2, 0.25) is 0 Å². The predicted octanol–water partition coefficient (Wildman–Crippen LogP) is 5.56. The van der Waals surface area contributed by atoms with Crippen LogP contribution in [0.5, 0.6) is 5.75 Å². The maximum Gasteiger partial charge on any atom is 0.336 e. The van der Waals surface area contributed by atoms with Gasteiger partial charge in [-0.15, -0.1) is 0 Å². The van der Waals surface area contributed by atoms with Gasteiger partial charge in [0.25, 0.3) is 0 Å². The molecule has 0 radical (unpaired) electrons. The smallest absolute Gasteiger partial charge is 0.336 e. The van der Waals surface area contributed by atoms with Crippen molar-refractivity contribution in [3.8, 4) is 5.75 Å². The SMILES string of the molecule is CN=CN=C(/C=C/c1ccc(F)c(Br)c1)OC1Cc2cc3ccc(=O)oc3cc2OC1(C)C. The van der Waals surface area contributed by atoms with E-state index in [0.29, 0.717) is 28.1 Å². The molecule has 0 bridgehead atoms. The largest absolute Gasteiger partial charge is 0.484 e. The van der Waals surface area contributed by atoms with Gasteiger partial charge < -0.3 is 13.9 Å². The van der Waals surface area contributed by atoms with Gasteiger partial charge in [0, 0.05) is 37.1 Å². The lowest BCUT2D eigenvalue weighted by molar-refractivity contribution is -0.0323. The first-order valence-corrected chi connectivity index (χ1v) is 11.1. The quantitative estimate of drug-likeness (QED) is 0.260. The van der Waals surface area contributed by atoms with Crippen molar-refractivity contribution in [2.24, 2.45) is 9.98 Å². The van der Waals surface area contributed by atoms with Gasteiger partial charge in [-0.1, -0.05) is 6.07 Å². The first-order valence-electron chi connectivity index (χ1n) is 10.3. The fourth-order valence-electron chi connectivity index (χ4n) is 3.53. The molecule has 6 nitrogen and oxygen atoms in total. The monoisotopic (exact) mass is 512 g/mol. The Labute approximate surface area is 198 Å². The first kappa shape index (κ1) is 22.9. The fraction of sp³-hybridized carbons (Fsp3) is 0.240. The van der Waals surface area contributed by atoms with Crippen LogP contribution in [0.1, 0.15) is 25.0 Å². The van der Waals surface area contributed by atoms with Crippen LogP contribution >= 0.6 is 15.9 Å². The van der Waals surface area contributed by atoms with Crippen LogP contribution in [0.15, 0.2) is 72.2 Å². The Kier molecular flexibility index (Phi) is 6.47. The highest BCUT2D eigenvalue weighted by Crippen LogP contribution is 2.37. The highest BCUT2D eigenvalue weighted by atomic mass is 79.9. The summed E-state index contributed by atoms with van der Waals surface area (Å²) in [5.74, 6) is 0.668. The van der Waals surface area contributed by atoms with E-state index in [1.54, 1.807) is 43.5 Å². The highest BCUT2D eigenvalue weighted by Gasteiger charge is 2.39. The molecule has 1 aliphatic heterocycles. The van der Waals surface area contributed by atoms with Crippen LogP contribution in [0.3, 0.4) is 0 Å². The van der Waals surface area contributed by atoms with Crippen LogP contribution in [-0.4, -0.2) is 31.0 Å². The average Bonchev–Trinajstić information content (AvgIpc) is 2.76. The molecule has 0 saturated carbocycles. The van der Waals surface area contributed by atoms with Gasteiger partial charge in [-0.05, 0) is 71.2 Å². The van der Waals surface area contributed by atoms with E-state index in [4.69, 9.17) is 13.9 Å². The summed E-state index contributed by atoms with van der Waals surface area (Å²) in [6.07, 6.45) is 5.11. The predicted molar refractivity (Wildman–Crippen MR) is 131 cm³/mol. The second-order valence-electron chi connectivity index (χ2n) is 8.12. The van der Waals surface area contributed by atoms with Crippen LogP contribution in [0.25, 0.3) is 17.0 Å². The molecule has 0 aliphatic carbocycles. The third kappa shape index (κ3) is 5.22. The van der Waals surface area contributed by atoms with E-state index >= 15 is 0 Å². The van der Waals surface area contributed by atoms with Crippen molar-refractivity contribution in [3.05, 3.63) is 80.4 Å². The molecule has 0 N–H and O–H groups in total. The molecule has 3 aromatic rings. The van der Waals surface area contributed by atoms with Crippen molar-refractivity contribution in [2.45, 2.75) is 32.0 Å². The molecule has 0 spiro atoms. The molecule has 0 saturated heterocycles. The lowest BCUT2D eigenvalue weighted by Gasteiger charge is -2.39. The standard InChI is InChI=1S/C25H22BrFN2O4/c1-25(2)22(12-17-11-16-6-9-24(30)31-20(16)13-21(17)33-25)32-23(29-14-28-3)8-5-15-4-7-19(27)18(26)10-15/h4-11,13-14,22H,12H2,1-3H3/b8-5+,28-14?,29-23?. The number of hydrogen-bond donors (Lipinski definition) is 0. The van der Waals surface area contributed by atoms with Gasteiger partial charge in [0.05, 0.1) is 4.47 Å². The molecule has 0 fully saturated rings. The molecule has 33 heavy (non-hydrogen) atoms. The molecular formula is C25H22BrFN2O4. The zero-order valence-electron chi connectivity index (χ0n) is 18.3. The van der Waals surface area contributed by atoms with E-state index in [-0.39, 0.29) is 11.9 Å². The normalized spacial score (nSPS) is 18.0. The zero-order valence-corrected chi connectivity index (χ0v) is 19.9. The number of ether oxygens (including phenoxy) is 2. The van der Waals surface area contributed by atoms with Gasteiger partial charge in [-0.3, -0.25) is 4.99 Å². The number of fused-ring (bicyclic) bond motifs is 2. The second kappa shape index (κ2) is 9.31. The summed E-state index contributed by atoms with van der Waals surface area (Å²) >= 11 is 3.19. The molecule has 1 unspecified atom stereocenters. The van der Waals surface area contributed by atoms with E-state index in [9.17, 15) is 9.18 Å². The highest BCUT2D eigenvalue weighted by molar-refractivity contribution is 9.10. The number of aliphatic imine (C=N–C) groups is 2. The number of rotatable bonds is 4. The summed E-state index contributed by atoms with van der Waals surface area (Å²) in [5, 5.41) is 0.809. The van der Waals surface area contributed by atoms with Crippen LogP contribution in [0, 0.1) is 5.82 Å². The lowest BCUT2D eigenvalue weighted by Crippen LogP contribution is -2.48. The summed E-state index contributed by atoms with van der Waals surface area (Å²) in [6, 6.07) is 11.5. The van der Waals surface area contributed by atoms with Gasteiger partial charge in [-0.2, -0.15) is 0 Å².